The van der Waals surface area contributed by atoms with Gasteiger partial charge in [0, 0.05) is 5.41 Å². The first-order valence-corrected chi connectivity index (χ1v) is 17.9. The van der Waals surface area contributed by atoms with Crippen molar-refractivity contribution in [3.63, 3.8) is 0 Å². The third-order valence-electron chi connectivity index (χ3n) is 11.2. The van der Waals surface area contributed by atoms with Gasteiger partial charge in [-0.3, -0.25) is 0 Å². The maximum atomic E-state index is 2.43. The van der Waals surface area contributed by atoms with Crippen molar-refractivity contribution in [3.8, 4) is 55.6 Å². The van der Waals surface area contributed by atoms with Crippen molar-refractivity contribution in [1.82, 2.24) is 0 Å². The topological polar surface area (TPSA) is 0 Å². The normalized spacial score (nSPS) is 13.1. The number of rotatable bonds is 4. The lowest BCUT2D eigenvalue weighted by Gasteiger charge is -2.22. The standard InChI is InChI=1S/C51H36/c1-51(2)47-24-10-9-19-41(47)42-28-27-38(32-48(42)51)36-16-12-18-40(31-36)50-45-22-7-5-20-43(45)49(44-21-6-8-23-46(44)50)39-17-11-15-35(30-39)37-26-25-33-13-3-4-14-34(33)29-37/h3-32H,1-2H3. The van der Waals surface area contributed by atoms with Gasteiger partial charge in [0.15, 0.2) is 0 Å². The fraction of sp³-hybridized carbons (Fsp3) is 0.0588. The maximum Gasteiger partial charge on any atom is 0.0159 e. The van der Waals surface area contributed by atoms with Crippen LogP contribution in [-0.2, 0) is 5.41 Å². The van der Waals surface area contributed by atoms with Gasteiger partial charge in [-0.2, -0.15) is 0 Å². The second-order valence-corrected chi connectivity index (χ2v) is 14.5. The number of hydrogen-bond acceptors (Lipinski definition) is 0. The fourth-order valence-corrected chi connectivity index (χ4v) is 8.71. The average molecular weight is 649 g/mol. The summed E-state index contributed by atoms with van der Waals surface area (Å²) in [5.41, 5.74) is 15.5. The van der Waals surface area contributed by atoms with Crippen LogP contribution < -0.4 is 0 Å². The lowest BCUT2D eigenvalue weighted by atomic mass is 9.81. The van der Waals surface area contributed by atoms with E-state index in [1.165, 1.54) is 99.1 Å². The Bertz CT molecular complexity index is 2770. The number of hydrogen-bond donors (Lipinski definition) is 0. The Labute approximate surface area is 299 Å². The van der Waals surface area contributed by atoms with Gasteiger partial charge in [0.2, 0.25) is 0 Å². The lowest BCUT2D eigenvalue weighted by Crippen LogP contribution is -2.14. The van der Waals surface area contributed by atoms with E-state index in [0.717, 1.165) is 0 Å². The first-order chi connectivity index (χ1) is 25.0. The van der Waals surface area contributed by atoms with Crippen molar-refractivity contribution < 1.29 is 0 Å². The van der Waals surface area contributed by atoms with Gasteiger partial charge in [-0.1, -0.05) is 172 Å². The molecule has 0 fully saturated rings. The quantitative estimate of drug-likeness (QED) is 0.167. The molecular formula is C51H36. The molecule has 0 saturated carbocycles. The molecule has 0 amide bonds. The highest BCUT2D eigenvalue weighted by molar-refractivity contribution is 6.21. The van der Waals surface area contributed by atoms with Gasteiger partial charge in [0.1, 0.15) is 0 Å². The summed E-state index contributed by atoms with van der Waals surface area (Å²) in [6, 6.07) is 67.5. The van der Waals surface area contributed by atoms with Crippen LogP contribution in [0, 0.1) is 0 Å². The van der Waals surface area contributed by atoms with Crippen molar-refractivity contribution in [2.24, 2.45) is 0 Å². The average Bonchev–Trinajstić information content (AvgIpc) is 3.42. The van der Waals surface area contributed by atoms with Crippen LogP contribution in [0.2, 0.25) is 0 Å². The molecule has 0 aromatic heterocycles. The van der Waals surface area contributed by atoms with Crippen molar-refractivity contribution in [1.29, 1.82) is 0 Å². The van der Waals surface area contributed by atoms with Gasteiger partial charge in [0.25, 0.3) is 0 Å². The Morgan fingerprint density at radius 2 is 0.745 bits per heavy atom. The molecule has 0 atom stereocenters. The molecule has 0 heteroatoms. The smallest absolute Gasteiger partial charge is 0.0159 e. The van der Waals surface area contributed by atoms with Gasteiger partial charge in [-0.05, 0) is 123 Å². The minimum atomic E-state index is -0.0343. The van der Waals surface area contributed by atoms with Gasteiger partial charge in [0.05, 0.1) is 0 Å². The summed E-state index contributed by atoms with van der Waals surface area (Å²) in [4.78, 5) is 0. The minimum Gasteiger partial charge on any atom is -0.0619 e. The van der Waals surface area contributed by atoms with E-state index < -0.39 is 0 Å². The largest absolute Gasteiger partial charge is 0.0619 e. The monoisotopic (exact) mass is 648 g/mol. The highest BCUT2D eigenvalue weighted by Crippen LogP contribution is 2.50. The number of benzene rings is 9. The Morgan fingerprint density at radius 1 is 0.294 bits per heavy atom. The van der Waals surface area contributed by atoms with Crippen LogP contribution in [0.15, 0.2) is 182 Å². The molecule has 0 nitrogen and oxygen atoms in total. The molecule has 51 heavy (non-hydrogen) atoms. The zero-order valence-corrected chi connectivity index (χ0v) is 28.8. The maximum absolute atomic E-state index is 2.43. The van der Waals surface area contributed by atoms with Gasteiger partial charge in [-0.25, -0.2) is 0 Å². The van der Waals surface area contributed by atoms with E-state index in [4.69, 9.17) is 0 Å². The molecule has 240 valence electrons. The van der Waals surface area contributed by atoms with Crippen LogP contribution >= 0.6 is 0 Å². The fourth-order valence-electron chi connectivity index (χ4n) is 8.71. The van der Waals surface area contributed by atoms with E-state index in [1.807, 2.05) is 0 Å². The highest BCUT2D eigenvalue weighted by Gasteiger charge is 2.35. The van der Waals surface area contributed by atoms with Crippen LogP contribution in [0.3, 0.4) is 0 Å². The highest BCUT2D eigenvalue weighted by atomic mass is 14.4. The summed E-state index contributed by atoms with van der Waals surface area (Å²) < 4.78 is 0. The zero-order valence-electron chi connectivity index (χ0n) is 28.8. The van der Waals surface area contributed by atoms with E-state index in [-0.39, 0.29) is 5.41 Å². The molecule has 0 aliphatic heterocycles. The Kier molecular flexibility index (Phi) is 6.63. The zero-order chi connectivity index (χ0) is 34.1. The van der Waals surface area contributed by atoms with E-state index >= 15 is 0 Å². The molecule has 10 rings (SSSR count). The van der Waals surface area contributed by atoms with Crippen LogP contribution in [0.5, 0.6) is 0 Å². The Morgan fingerprint density at radius 3 is 1.37 bits per heavy atom. The summed E-state index contributed by atoms with van der Waals surface area (Å²) in [6.45, 7) is 4.71. The third kappa shape index (κ3) is 4.68. The molecule has 0 bridgehead atoms. The molecule has 0 radical (unpaired) electrons. The van der Waals surface area contributed by atoms with E-state index in [2.05, 4.69) is 196 Å². The first kappa shape index (κ1) is 29.7. The molecule has 0 saturated heterocycles. The van der Waals surface area contributed by atoms with Gasteiger partial charge in [-0.15, -0.1) is 0 Å². The molecule has 0 unspecified atom stereocenters. The van der Waals surface area contributed by atoms with E-state index in [1.54, 1.807) is 0 Å². The van der Waals surface area contributed by atoms with E-state index in [9.17, 15) is 0 Å². The van der Waals surface area contributed by atoms with Crippen molar-refractivity contribution in [2.75, 3.05) is 0 Å². The summed E-state index contributed by atoms with van der Waals surface area (Å²) in [5, 5.41) is 7.60. The van der Waals surface area contributed by atoms with Crippen LogP contribution in [-0.4, -0.2) is 0 Å². The lowest BCUT2D eigenvalue weighted by molar-refractivity contribution is 0.660. The van der Waals surface area contributed by atoms with Crippen LogP contribution in [0.4, 0.5) is 0 Å². The molecule has 0 N–H and O–H groups in total. The molecule has 9 aromatic carbocycles. The predicted molar refractivity (Wildman–Crippen MR) is 218 cm³/mol. The second-order valence-electron chi connectivity index (χ2n) is 14.5. The molecule has 1 aliphatic carbocycles. The Balaban J connectivity index is 1.13. The van der Waals surface area contributed by atoms with Crippen molar-refractivity contribution >= 4 is 32.3 Å². The molecule has 1 aliphatic rings. The third-order valence-corrected chi connectivity index (χ3v) is 11.2. The Hall–Kier alpha value is -6.24. The summed E-state index contributed by atoms with van der Waals surface area (Å²) >= 11 is 0. The SMILES string of the molecule is CC1(C)c2ccccc2-c2ccc(-c3cccc(-c4c5ccccc5c(-c5cccc(-c6ccc7ccccc7c6)c5)c5ccccc45)c3)cc21. The summed E-state index contributed by atoms with van der Waals surface area (Å²) in [7, 11) is 0. The number of fused-ring (bicyclic) bond motifs is 6. The van der Waals surface area contributed by atoms with Crippen LogP contribution in [0.1, 0.15) is 25.0 Å². The summed E-state index contributed by atoms with van der Waals surface area (Å²) in [6.07, 6.45) is 0. The molecule has 0 spiro atoms. The van der Waals surface area contributed by atoms with Crippen molar-refractivity contribution in [2.45, 2.75) is 19.3 Å². The molecule has 0 heterocycles. The molecule has 9 aromatic rings. The van der Waals surface area contributed by atoms with E-state index in [0.29, 0.717) is 0 Å². The summed E-state index contributed by atoms with van der Waals surface area (Å²) in [5.74, 6) is 0. The first-order valence-electron chi connectivity index (χ1n) is 17.9. The second kappa shape index (κ2) is 11.4. The van der Waals surface area contributed by atoms with Crippen molar-refractivity contribution in [3.05, 3.63) is 193 Å². The predicted octanol–water partition coefficient (Wildman–Crippen LogP) is 14.1. The van der Waals surface area contributed by atoms with Crippen LogP contribution in [0.25, 0.3) is 88.0 Å². The van der Waals surface area contributed by atoms with Gasteiger partial charge < -0.3 is 0 Å². The molecular weight excluding hydrogens is 613 g/mol. The van der Waals surface area contributed by atoms with Gasteiger partial charge >= 0.3 is 0 Å². The minimum absolute atomic E-state index is 0.0343.